The highest BCUT2D eigenvalue weighted by molar-refractivity contribution is 6.05. The first-order chi connectivity index (χ1) is 12.6. The van der Waals surface area contributed by atoms with Crippen LogP contribution in [0.15, 0.2) is 78.9 Å². The van der Waals surface area contributed by atoms with Crippen LogP contribution in [-0.4, -0.2) is 10.8 Å². The van der Waals surface area contributed by atoms with Crippen LogP contribution in [0.4, 0.5) is 11.4 Å². The molecule has 0 bridgehead atoms. The van der Waals surface area contributed by atoms with Gasteiger partial charge in [0, 0.05) is 23.4 Å². The third-order valence-electron chi connectivity index (χ3n) is 3.78. The molecule has 1 amide bonds. The molecule has 0 aliphatic carbocycles. The number of rotatable bonds is 5. The van der Waals surface area contributed by atoms with Crippen LogP contribution in [0, 0.1) is 10.1 Å². The van der Waals surface area contributed by atoms with E-state index in [1.165, 1.54) is 12.1 Å². The summed E-state index contributed by atoms with van der Waals surface area (Å²) in [6, 6.07) is 22.7. The minimum atomic E-state index is -0.425. The van der Waals surface area contributed by atoms with E-state index in [1.807, 2.05) is 48.5 Å². The highest BCUT2D eigenvalue weighted by Gasteiger charge is 2.07. The summed E-state index contributed by atoms with van der Waals surface area (Å²) >= 11 is 0. The molecule has 0 unspecified atom stereocenters. The Hall–Kier alpha value is -3.73. The van der Waals surface area contributed by atoms with Gasteiger partial charge in [-0.2, -0.15) is 0 Å². The van der Waals surface area contributed by atoms with Gasteiger partial charge < -0.3 is 5.32 Å². The van der Waals surface area contributed by atoms with Crippen molar-refractivity contribution in [2.24, 2.45) is 0 Å². The Kier molecular flexibility index (Phi) is 5.19. The number of benzene rings is 3. The van der Waals surface area contributed by atoms with E-state index in [0.29, 0.717) is 16.8 Å². The van der Waals surface area contributed by atoms with Crippen molar-refractivity contribution >= 4 is 29.4 Å². The Morgan fingerprint density at radius 2 is 1.62 bits per heavy atom. The summed E-state index contributed by atoms with van der Waals surface area (Å²) in [6.07, 6.45) is 3.60. The van der Waals surface area contributed by atoms with Crippen LogP contribution in [0.2, 0.25) is 0 Å². The lowest BCUT2D eigenvalue weighted by Crippen LogP contribution is -2.12. The lowest BCUT2D eigenvalue weighted by Gasteiger charge is -2.08. The fourth-order valence-electron chi connectivity index (χ4n) is 2.47. The Morgan fingerprint density at radius 3 is 2.38 bits per heavy atom. The lowest BCUT2D eigenvalue weighted by molar-refractivity contribution is -0.384. The number of hydrogen-bond donors (Lipinski definition) is 1. The van der Waals surface area contributed by atoms with Gasteiger partial charge in [0.2, 0.25) is 0 Å². The molecule has 0 fully saturated rings. The number of anilines is 1. The van der Waals surface area contributed by atoms with Gasteiger partial charge in [-0.05, 0) is 29.3 Å². The summed E-state index contributed by atoms with van der Waals surface area (Å²) in [5.41, 5.74) is 2.80. The number of hydrogen-bond acceptors (Lipinski definition) is 3. The van der Waals surface area contributed by atoms with Crippen LogP contribution in [0.1, 0.15) is 21.5 Å². The molecule has 3 aromatic rings. The number of non-ortho nitro benzene ring substituents is 1. The van der Waals surface area contributed by atoms with E-state index in [2.05, 4.69) is 5.32 Å². The zero-order chi connectivity index (χ0) is 18.4. The predicted molar refractivity (Wildman–Crippen MR) is 103 cm³/mol. The Labute approximate surface area is 150 Å². The van der Waals surface area contributed by atoms with Crippen molar-refractivity contribution in [1.82, 2.24) is 0 Å². The number of nitro groups is 1. The Bertz CT molecular complexity index is 966. The molecule has 5 heteroatoms. The maximum atomic E-state index is 12.3. The number of para-hydroxylation sites is 1. The molecule has 0 radical (unpaired) electrons. The topological polar surface area (TPSA) is 72.2 Å². The normalized spacial score (nSPS) is 10.6. The van der Waals surface area contributed by atoms with Crippen molar-refractivity contribution < 1.29 is 9.72 Å². The van der Waals surface area contributed by atoms with E-state index in [1.54, 1.807) is 30.3 Å². The number of nitrogens with one attached hydrogen (secondary N) is 1. The van der Waals surface area contributed by atoms with Crippen molar-refractivity contribution in [3.63, 3.8) is 0 Å². The summed E-state index contributed by atoms with van der Waals surface area (Å²) in [5.74, 6) is -0.193. The Balaban J connectivity index is 1.82. The molecule has 0 aliphatic rings. The minimum absolute atomic E-state index is 0.0396. The number of amides is 1. The fourth-order valence-corrected chi connectivity index (χ4v) is 2.47. The van der Waals surface area contributed by atoms with Gasteiger partial charge in [-0.1, -0.05) is 60.7 Å². The zero-order valence-electron chi connectivity index (χ0n) is 13.8. The van der Waals surface area contributed by atoms with Crippen LogP contribution in [-0.2, 0) is 0 Å². The summed E-state index contributed by atoms with van der Waals surface area (Å²) in [4.78, 5) is 22.8. The highest BCUT2D eigenvalue weighted by Crippen LogP contribution is 2.20. The van der Waals surface area contributed by atoms with Crippen molar-refractivity contribution in [2.75, 3.05) is 5.32 Å². The molecule has 0 atom stereocenters. The van der Waals surface area contributed by atoms with E-state index in [9.17, 15) is 14.9 Å². The highest BCUT2D eigenvalue weighted by atomic mass is 16.6. The number of carbonyl (C=O) groups excluding carboxylic acids is 1. The molecule has 3 aromatic carbocycles. The average molecular weight is 344 g/mol. The minimum Gasteiger partial charge on any atom is -0.321 e. The van der Waals surface area contributed by atoms with Crippen LogP contribution < -0.4 is 5.32 Å². The molecule has 0 heterocycles. The van der Waals surface area contributed by atoms with Crippen molar-refractivity contribution in [3.05, 3.63) is 106 Å². The number of carbonyl (C=O) groups is 1. The molecule has 0 saturated heterocycles. The lowest BCUT2D eigenvalue weighted by atomic mass is 10.1. The average Bonchev–Trinajstić information content (AvgIpc) is 2.68. The summed E-state index contributed by atoms with van der Waals surface area (Å²) < 4.78 is 0. The fraction of sp³-hybridized carbons (Fsp3) is 0. The second kappa shape index (κ2) is 7.90. The molecule has 0 saturated carbocycles. The third-order valence-corrected chi connectivity index (χ3v) is 3.78. The first-order valence-corrected chi connectivity index (χ1v) is 8.01. The second-order valence-electron chi connectivity index (χ2n) is 5.59. The van der Waals surface area contributed by atoms with E-state index in [4.69, 9.17) is 0 Å². The smallest absolute Gasteiger partial charge is 0.270 e. The van der Waals surface area contributed by atoms with Gasteiger partial charge in [-0.15, -0.1) is 0 Å². The monoisotopic (exact) mass is 344 g/mol. The maximum Gasteiger partial charge on any atom is 0.270 e. The van der Waals surface area contributed by atoms with Crippen LogP contribution in [0.5, 0.6) is 0 Å². The number of nitrogens with zero attached hydrogens (tertiary/aromatic N) is 1. The maximum absolute atomic E-state index is 12.3. The van der Waals surface area contributed by atoms with Crippen LogP contribution in [0.3, 0.4) is 0 Å². The molecular formula is C21H16N2O3. The number of nitro benzene ring substituents is 1. The van der Waals surface area contributed by atoms with E-state index >= 15 is 0 Å². The van der Waals surface area contributed by atoms with E-state index in [0.717, 1.165) is 5.56 Å². The van der Waals surface area contributed by atoms with Crippen molar-refractivity contribution in [3.8, 4) is 0 Å². The SMILES string of the molecule is O=C(Nc1ccccc1/C=C/c1cccc([N+](=O)[O-])c1)c1ccccc1. The van der Waals surface area contributed by atoms with Gasteiger partial charge in [-0.3, -0.25) is 14.9 Å². The van der Waals surface area contributed by atoms with Crippen LogP contribution >= 0.6 is 0 Å². The predicted octanol–water partition coefficient (Wildman–Crippen LogP) is 5.02. The summed E-state index contributed by atoms with van der Waals surface area (Å²) in [7, 11) is 0. The first-order valence-electron chi connectivity index (χ1n) is 8.01. The molecule has 128 valence electrons. The van der Waals surface area contributed by atoms with Gasteiger partial charge in [-0.25, -0.2) is 0 Å². The van der Waals surface area contributed by atoms with Crippen molar-refractivity contribution in [2.45, 2.75) is 0 Å². The second-order valence-corrected chi connectivity index (χ2v) is 5.59. The van der Waals surface area contributed by atoms with Crippen molar-refractivity contribution in [1.29, 1.82) is 0 Å². The molecule has 0 spiro atoms. The largest absolute Gasteiger partial charge is 0.321 e. The summed E-state index contributed by atoms with van der Waals surface area (Å²) in [6.45, 7) is 0. The van der Waals surface area contributed by atoms with Gasteiger partial charge in [0.25, 0.3) is 11.6 Å². The first kappa shape index (κ1) is 17.1. The molecule has 26 heavy (non-hydrogen) atoms. The van der Waals surface area contributed by atoms with Gasteiger partial charge >= 0.3 is 0 Å². The van der Waals surface area contributed by atoms with Gasteiger partial charge in [0.1, 0.15) is 0 Å². The molecule has 0 aromatic heterocycles. The Morgan fingerprint density at radius 1 is 0.885 bits per heavy atom. The molecule has 1 N–H and O–H groups in total. The van der Waals surface area contributed by atoms with Gasteiger partial charge in [0.05, 0.1) is 4.92 Å². The molecule has 3 rings (SSSR count). The molecular weight excluding hydrogens is 328 g/mol. The summed E-state index contributed by atoms with van der Waals surface area (Å²) in [5, 5.41) is 13.8. The zero-order valence-corrected chi connectivity index (χ0v) is 13.8. The quantitative estimate of drug-likeness (QED) is 0.401. The molecule has 5 nitrogen and oxygen atoms in total. The van der Waals surface area contributed by atoms with Crippen LogP contribution in [0.25, 0.3) is 12.2 Å². The van der Waals surface area contributed by atoms with Gasteiger partial charge in [0.15, 0.2) is 0 Å². The van der Waals surface area contributed by atoms with E-state index in [-0.39, 0.29) is 11.6 Å². The molecule has 0 aliphatic heterocycles. The third kappa shape index (κ3) is 4.21. The standard InChI is InChI=1S/C21H16N2O3/c24-21(18-9-2-1-3-10-18)22-20-12-5-4-8-17(20)14-13-16-7-6-11-19(15-16)23(25)26/h1-15H,(H,22,24)/b14-13+. The van der Waals surface area contributed by atoms with E-state index < -0.39 is 4.92 Å².